The van der Waals surface area contributed by atoms with Gasteiger partial charge in [0.15, 0.2) is 5.96 Å². The van der Waals surface area contributed by atoms with Gasteiger partial charge in [0.05, 0.1) is 5.01 Å². The summed E-state index contributed by atoms with van der Waals surface area (Å²) in [6.45, 7) is 7.68. The van der Waals surface area contributed by atoms with E-state index in [4.69, 9.17) is 0 Å². The molecule has 0 bridgehead atoms. The number of likely N-dealkylation sites (tertiary alicyclic amines) is 1. The Hall–Kier alpha value is -1.63. The highest BCUT2D eigenvalue weighted by molar-refractivity contribution is 7.11. The van der Waals surface area contributed by atoms with E-state index in [1.807, 2.05) is 18.0 Å². The van der Waals surface area contributed by atoms with E-state index in [0.29, 0.717) is 5.96 Å². The molecule has 0 radical (unpaired) electrons. The molecule has 0 aromatic carbocycles. The highest BCUT2D eigenvalue weighted by Gasteiger charge is 2.15. The first kappa shape index (κ1) is 18.7. The molecule has 0 atom stereocenters. The van der Waals surface area contributed by atoms with Gasteiger partial charge in [-0.2, -0.15) is 0 Å². The molecule has 7 heteroatoms. The Kier molecular flexibility index (Phi) is 8.01. The van der Waals surface area contributed by atoms with Crippen LogP contribution in [0.2, 0.25) is 0 Å². The lowest BCUT2D eigenvalue weighted by Crippen LogP contribution is -2.41. The smallest absolute Gasteiger partial charge is 0.244 e. The molecule has 0 saturated carbocycles. The Morgan fingerprint density at radius 1 is 1.29 bits per heavy atom. The fourth-order valence-corrected chi connectivity index (χ4v) is 3.51. The lowest BCUT2D eigenvalue weighted by molar-refractivity contribution is -0.130. The topological polar surface area (TPSA) is 69.6 Å². The Labute approximate surface area is 148 Å². The van der Waals surface area contributed by atoms with Crippen molar-refractivity contribution in [3.63, 3.8) is 0 Å². The minimum atomic E-state index is 0.124. The monoisotopic (exact) mass is 351 g/mol. The van der Waals surface area contributed by atoms with Crippen LogP contribution in [0.3, 0.4) is 0 Å². The van der Waals surface area contributed by atoms with Gasteiger partial charge in [-0.3, -0.25) is 4.79 Å². The van der Waals surface area contributed by atoms with Crippen molar-refractivity contribution in [1.29, 1.82) is 0 Å². The summed E-state index contributed by atoms with van der Waals surface area (Å²) < 4.78 is 0. The number of amides is 1. The maximum Gasteiger partial charge on any atom is 0.244 e. The molecule has 1 aliphatic rings. The number of rotatable bonds is 7. The van der Waals surface area contributed by atoms with Gasteiger partial charge < -0.3 is 15.5 Å². The summed E-state index contributed by atoms with van der Waals surface area (Å²) in [5.41, 5.74) is 0. The highest BCUT2D eigenvalue weighted by Crippen LogP contribution is 2.13. The lowest BCUT2D eigenvalue weighted by Gasteiger charge is -2.26. The molecule has 0 aliphatic carbocycles. The van der Waals surface area contributed by atoms with E-state index in [9.17, 15) is 4.79 Å². The summed E-state index contributed by atoms with van der Waals surface area (Å²) in [6, 6.07) is 0. The number of guanidine groups is 1. The molecule has 134 valence electrons. The van der Waals surface area contributed by atoms with Gasteiger partial charge in [0.1, 0.15) is 6.54 Å². The van der Waals surface area contributed by atoms with Gasteiger partial charge in [-0.1, -0.05) is 6.92 Å². The Morgan fingerprint density at radius 2 is 2.08 bits per heavy atom. The average molecular weight is 352 g/mol. The van der Waals surface area contributed by atoms with Crippen LogP contribution in [0.25, 0.3) is 0 Å². The summed E-state index contributed by atoms with van der Waals surface area (Å²) in [6.07, 6.45) is 7.32. The van der Waals surface area contributed by atoms with Crippen molar-refractivity contribution >= 4 is 23.2 Å². The molecular formula is C17H29N5OS. The van der Waals surface area contributed by atoms with Crippen molar-refractivity contribution in [1.82, 2.24) is 20.5 Å². The molecule has 1 aromatic heterocycles. The first-order valence-electron chi connectivity index (χ1n) is 8.96. The number of thiazole rings is 1. The van der Waals surface area contributed by atoms with Gasteiger partial charge in [0.2, 0.25) is 5.91 Å². The Bertz CT molecular complexity index is 537. The second kappa shape index (κ2) is 10.3. The molecule has 0 spiro atoms. The lowest BCUT2D eigenvalue weighted by atomic mass is 10.1. The Balaban J connectivity index is 1.77. The van der Waals surface area contributed by atoms with Crippen LogP contribution in [0.15, 0.2) is 11.2 Å². The standard InChI is InChI=1S/C17H29N5OS/c1-3-14-12-20-15(24-14)8-9-19-17(18-4-2)21-13-16(23)22-10-6-5-7-11-22/h12H,3-11,13H2,1-2H3,(H2,18,19,21). The zero-order valence-corrected chi connectivity index (χ0v) is 15.6. The molecular weight excluding hydrogens is 322 g/mol. The maximum atomic E-state index is 12.2. The van der Waals surface area contributed by atoms with E-state index >= 15 is 0 Å². The third kappa shape index (κ3) is 6.11. The van der Waals surface area contributed by atoms with Gasteiger partial charge >= 0.3 is 0 Å². The molecule has 2 heterocycles. The number of hydrogen-bond acceptors (Lipinski definition) is 4. The van der Waals surface area contributed by atoms with Crippen molar-refractivity contribution in [2.45, 2.75) is 46.0 Å². The molecule has 1 fully saturated rings. The van der Waals surface area contributed by atoms with Gasteiger partial charge in [0, 0.05) is 43.7 Å². The number of nitrogens with one attached hydrogen (secondary N) is 2. The zero-order chi connectivity index (χ0) is 17.2. The van der Waals surface area contributed by atoms with Crippen LogP contribution in [0.5, 0.6) is 0 Å². The van der Waals surface area contributed by atoms with Gasteiger partial charge in [-0.15, -0.1) is 11.3 Å². The Morgan fingerprint density at radius 3 is 2.75 bits per heavy atom. The van der Waals surface area contributed by atoms with Crippen LogP contribution >= 0.6 is 11.3 Å². The largest absolute Gasteiger partial charge is 0.357 e. The zero-order valence-electron chi connectivity index (χ0n) is 14.8. The summed E-state index contributed by atoms with van der Waals surface area (Å²) in [7, 11) is 0. The number of nitrogens with zero attached hydrogens (tertiary/aromatic N) is 3. The second-order valence-corrected chi connectivity index (χ2v) is 7.09. The van der Waals surface area contributed by atoms with Crippen molar-refractivity contribution in [2.75, 3.05) is 32.7 Å². The quantitative estimate of drug-likeness (QED) is 0.581. The molecule has 2 rings (SSSR count). The summed E-state index contributed by atoms with van der Waals surface area (Å²) in [5.74, 6) is 0.828. The fraction of sp³-hybridized carbons (Fsp3) is 0.706. The molecule has 6 nitrogen and oxygen atoms in total. The molecule has 2 N–H and O–H groups in total. The predicted octanol–water partition coefficient (Wildman–Crippen LogP) is 1.82. The second-order valence-electron chi connectivity index (χ2n) is 5.89. The third-order valence-corrected chi connectivity index (χ3v) is 5.21. The maximum absolute atomic E-state index is 12.2. The summed E-state index contributed by atoms with van der Waals surface area (Å²) in [4.78, 5) is 24.3. The molecule has 1 amide bonds. The highest BCUT2D eigenvalue weighted by atomic mass is 32.1. The van der Waals surface area contributed by atoms with Crippen molar-refractivity contribution < 1.29 is 4.79 Å². The summed E-state index contributed by atoms with van der Waals surface area (Å²) >= 11 is 1.76. The molecule has 1 aromatic rings. The minimum Gasteiger partial charge on any atom is -0.357 e. The van der Waals surface area contributed by atoms with Crippen molar-refractivity contribution in [2.24, 2.45) is 4.99 Å². The van der Waals surface area contributed by atoms with E-state index < -0.39 is 0 Å². The average Bonchev–Trinajstić information content (AvgIpc) is 3.08. The fourth-order valence-electron chi connectivity index (χ4n) is 2.65. The number of carbonyl (C=O) groups is 1. The van der Waals surface area contributed by atoms with Crippen molar-refractivity contribution in [3.8, 4) is 0 Å². The number of aryl methyl sites for hydroxylation is 1. The van der Waals surface area contributed by atoms with Crippen LogP contribution in [0.4, 0.5) is 0 Å². The van der Waals surface area contributed by atoms with Crippen LogP contribution in [0, 0.1) is 0 Å². The van der Waals surface area contributed by atoms with Gasteiger partial charge in [0.25, 0.3) is 0 Å². The number of aromatic nitrogens is 1. The molecule has 1 saturated heterocycles. The van der Waals surface area contributed by atoms with E-state index in [0.717, 1.165) is 56.9 Å². The van der Waals surface area contributed by atoms with E-state index in [1.54, 1.807) is 11.3 Å². The van der Waals surface area contributed by atoms with E-state index in [-0.39, 0.29) is 12.5 Å². The van der Waals surface area contributed by atoms with Crippen LogP contribution < -0.4 is 10.6 Å². The SMILES string of the molecule is CCNC(=NCC(=O)N1CCCCC1)NCCc1ncc(CC)s1. The molecule has 24 heavy (non-hydrogen) atoms. The number of carbonyl (C=O) groups excluding carboxylic acids is 1. The summed E-state index contributed by atoms with van der Waals surface area (Å²) in [5, 5.41) is 7.62. The van der Waals surface area contributed by atoms with Crippen molar-refractivity contribution in [3.05, 3.63) is 16.1 Å². The third-order valence-electron chi connectivity index (χ3n) is 4.01. The van der Waals surface area contributed by atoms with Gasteiger partial charge in [-0.25, -0.2) is 9.98 Å². The normalized spacial score (nSPS) is 15.4. The molecule has 1 aliphatic heterocycles. The number of piperidine rings is 1. The predicted molar refractivity (Wildman–Crippen MR) is 99.6 cm³/mol. The van der Waals surface area contributed by atoms with Crippen LogP contribution in [-0.4, -0.2) is 54.5 Å². The minimum absolute atomic E-state index is 0.124. The number of aliphatic imine (C=N–C) groups is 1. The van der Waals surface area contributed by atoms with E-state index in [1.165, 1.54) is 11.3 Å². The van der Waals surface area contributed by atoms with Crippen LogP contribution in [-0.2, 0) is 17.6 Å². The van der Waals surface area contributed by atoms with E-state index in [2.05, 4.69) is 27.5 Å². The number of hydrogen-bond donors (Lipinski definition) is 2. The first-order valence-corrected chi connectivity index (χ1v) is 9.78. The first-order chi connectivity index (χ1) is 11.7. The molecule has 0 unspecified atom stereocenters. The van der Waals surface area contributed by atoms with Crippen LogP contribution in [0.1, 0.15) is 43.0 Å². The van der Waals surface area contributed by atoms with Gasteiger partial charge in [-0.05, 0) is 32.6 Å².